The van der Waals surface area contributed by atoms with E-state index in [0.29, 0.717) is 11.4 Å². The van der Waals surface area contributed by atoms with E-state index in [2.05, 4.69) is 17.1 Å². The van der Waals surface area contributed by atoms with Gasteiger partial charge in [-0.3, -0.25) is 4.79 Å². The Morgan fingerprint density at radius 1 is 1.37 bits per heavy atom. The van der Waals surface area contributed by atoms with Crippen LogP contribution in [0.25, 0.3) is 6.08 Å². The lowest BCUT2D eigenvalue weighted by atomic mass is 10.1. The Bertz CT molecular complexity index is 645. The van der Waals surface area contributed by atoms with Crippen LogP contribution >= 0.6 is 11.3 Å². The van der Waals surface area contributed by atoms with Crippen molar-refractivity contribution in [3.05, 3.63) is 52.0 Å². The molecular formula is C15H14N2OS. The molecule has 3 nitrogen and oxygen atoms in total. The van der Waals surface area contributed by atoms with Gasteiger partial charge in [0.25, 0.3) is 5.91 Å². The van der Waals surface area contributed by atoms with E-state index in [1.807, 2.05) is 36.1 Å². The molecule has 1 amide bonds. The smallest absolute Gasteiger partial charge is 0.270 e. The van der Waals surface area contributed by atoms with Gasteiger partial charge in [0.15, 0.2) is 0 Å². The Kier molecular flexibility index (Phi) is 3.17. The van der Waals surface area contributed by atoms with Gasteiger partial charge in [0.05, 0.1) is 16.9 Å². The second kappa shape index (κ2) is 4.97. The average molecular weight is 270 g/mol. The molecule has 1 aliphatic rings. The van der Waals surface area contributed by atoms with Crippen molar-refractivity contribution in [1.82, 2.24) is 4.98 Å². The van der Waals surface area contributed by atoms with Crippen LogP contribution in [-0.2, 0) is 0 Å². The molecule has 19 heavy (non-hydrogen) atoms. The van der Waals surface area contributed by atoms with Crippen molar-refractivity contribution in [2.24, 2.45) is 0 Å². The highest BCUT2D eigenvalue weighted by molar-refractivity contribution is 7.13. The van der Waals surface area contributed by atoms with E-state index in [9.17, 15) is 4.79 Å². The minimum absolute atomic E-state index is 0.0433. The summed E-state index contributed by atoms with van der Waals surface area (Å²) < 4.78 is 0. The van der Waals surface area contributed by atoms with Crippen molar-refractivity contribution >= 4 is 29.0 Å². The summed E-state index contributed by atoms with van der Waals surface area (Å²) in [6, 6.07) is 8.00. The Morgan fingerprint density at radius 2 is 2.21 bits per heavy atom. The first-order valence-corrected chi connectivity index (χ1v) is 7.07. The number of anilines is 1. The second-order valence-electron chi connectivity index (χ2n) is 4.45. The molecule has 0 aliphatic carbocycles. The maximum atomic E-state index is 12.6. The lowest BCUT2D eigenvalue weighted by Crippen LogP contribution is -2.31. The van der Waals surface area contributed by atoms with Crippen LogP contribution in [0.3, 0.4) is 0 Å². The SMILES string of the molecule is Cc1ncc(C(=O)N2CCC=Cc3ccccc32)s1. The summed E-state index contributed by atoms with van der Waals surface area (Å²) >= 11 is 1.45. The largest absolute Gasteiger partial charge is 0.307 e. The molecule has 0 fully saturated rings. The molecule has 0 spiro atoms. The number of rotatable bonds is 1. The van der Waals surface area contributed by atoms with E-state index in [1.165, 1.54) is 11.3 Å². The number of carbonyl (C=O) groups excluding carboxylic acids is 1. The molecule has 1 aliphatic heterocycles. The molecule has 0 atom stereocenters. The lowest BCUT2D eigenvalue weighted by molar-refractivity contribution is 0.0991. The van der Waals surface area contributed by atoms with Gasteiger partial charge in [0, 0.05) is 6.54 Å². The average Bonchev–Trinajstić information content (AvgIpc) is 2.74. The number of amides is 1. The van der Waals surface area contributed by atoms with Crippen LogP contribution in [0, 0.1) is 6.92 Å². The lowest BCUT2D eigenvalue weighted by Gasteiger charge is -2.21. The Hall–Kier alpha value is -1.94. The molecule has 1 aromatic heterocycles. The third-order valence-electron chi connectivity index (χ3n) is 3.12. The van der Waals surface area contributed by atoms with Crippen molar-refractivity contribution in [2.45, 2.75) is 13.3 Å². The summed E-state index contributed by atoms with van der Waals surface area (Å²) in [7, 11) is 0. The fourth-order valence-electron chi connectivity index (χ4n) is 2.21. The molecule has 0 saturated heterocycles. The number of benzene rings is 1. The first-order chi connectivity index (χ1) is 9.25. The maximum absolute atomic E-state index is 12.6. The molecule has 2 heterocycles. The zero-order valence-corrected chi connectivity index (χ0v) is 11.5. The number of carbonyl (C=O) groups is 1. The quantitative estimate of drug-likeness (QED) is 0.794. The molecule has 1 aromatic carbocycles. The number of aryl methyl sites for hydroxylation is 1. The predicted octanol–water partition coefficient (Wildman–Crippen LogP) is 3.52. The summed E-state index contributed by atoms with van der Waals surface area (Å²) in [4.78, 5) is 19.3. The van der Waals surface area contributed by atoms with E-state index in [-0.39, 0.29) is 5.91 Å². The normalized spacial score (nSPS) is 14.1. The topological polar surface area (TPSA) is 33.2 Å². The molecule has 4 heteroatoms. The molecule has 96 valence electrons. The van der Waals surface area contributed by atoms with Gasteiger partial charge in [-0.05, 0) is 25.0 Å². The molecule has 0 saturated carbocycles. The van der Waals surface area contributed by atoms with Crippen molar-refractivity contribution in [3.8, 4) is 0 Å². The monoisotopic (exact) mass is 270 g/mol. The van der Waals surface area contributed by atoms with Gasteiger partial charge in [-0.1, -0.05) is 30.4 Å². The van der Waals surface area contributed by atoms with E-state index in [0.717, 1.165) is 22.7 Å². The van der Waals surface area contributed by atoms with Crippen LogP contribution < -0.4 is 4.90 Å². The second-order valence-corrected chi connectivity index (χ2v) is 5.68. The van der Waals surface area contributed by atoms with Crippen molar-refractivity contribution in [1.29, 1.82) is 0 Å². The Morgan fingerprint density at radius 3 is 3.00 bits per heavy atom. The highest BCUT2D eigenvalue weighted by Gasteiger charge is 2.21. The minimum Gasteiger partial charge on any atom is -0.307 e. The van der Waals surface area contributed by atoms with Gasteiger partial charge in [0.2, 0.25) is 0 Å². The van der Waals surface area contributed by atoms with Crippen molar-refractivity contribution in [2.75, 3.05) is 11.4 Å². The number of thiazole rings is 1. The van der Waals surface area contributed by atoms with Gasteiger partial charge >= 0.3 is 0 Å². The third kappa shape index (κ3) is 2.31. The van der Waals surface area contributed by atoms with Gasteiger partial charge in [-0.2, -0.15) is 0 Å². The van der Waals surface area contributed by atoms with Crippen LogP contribution in [0.15, 0.2) is 36.5 Å². The van der Waals surface area contributed by atoms with Crippen molar-refractivity contribution < 1.29 is 4.79 Å². The summed E-state index contributed by atoms with van der Waals surface area (Å²) in [5.41, 5.74) is 2.07. The molecule has 0 radical (unpaired) electrons. The summed E-state index contributed by atoms with van der Waals surface area (Å²) in [5, 5.41) is 0.921. The van der Waals surface area contributed by atoms with Gasteiger partial charge < -0.3 is 4.90 Å². The van der Waals surface area contributed by atoms with Gasteiger partial charge in [-0.15, -0.1) is 11.3 Å². The molecular weight excluding hydrogens is 256 g/mol. The Labute approximate surface area is 116 Å². The van der Waals surface area contributed by atoms with Crippen LogP contribution in [0.4, 0.5) is 5.69 Å². The first-order valence-electron chi connectivity index (χ1n) is 6.25. The predicted molar refractivity (Wildman–Crippen MR) is 78.6 cm³/mol. The number of fused-ring (bicyclic) bond motifs is 1. The fourth-order valence-corrected chi connectivity index (χ4v) is 2.94. The molecule has 3 rings (SSSR count). The molecule has 2 aromatic rings. The standard InChI is InChI=1S/C15H14N2OS/c1-11-16-10-14(19-11)15(18)17-9-5-4-7-12-6-2-3-8-13(12)17/h2-4,6-8,10H,5,9H2,1H3. The number of nitrogens with zero attached hydrogens (tertiary/aromatic N) is 2. The van der Waals surface area contributed by atoms with E-state index < -0.39 is 0 Å². The van der Waals surface area contributed by atoms with Crippen LogP contribution in [0.1, 0.15) is 26.7 Å². The first kappa shape index (κ1) is 12.1. The van der Waals surface area contributed by atoms with E-state index in [1.54, 1.807) is 6.20 Å². The van der Waals surface area contributed by atoms with Crippen LogP contribution in [0.5, 0.6) is 0 Å². The number of hydrogen-bond acceptors (Lipinski definition) is 3. The number of aromatic nitrogens is 1. The highest BCUT2D eigenvalue weighted by Crippen LogP contribution is 2.27. The van der Waals surface area contributed by atoms with Gasteiger partial charge in [-0.25, -0.2) is 4.98 Å². The zero-order valence-electron chi connectivity index (χ0n) is 10.7. The molecule has 0 N–H and O–H groups in total. The van der Waals surface area contributed by atoms with E-state index >= 15 is 0 Å². The van der Waals surface area contributed by atoms with Gasteiger partial charge in [0.1, 0.15) is 4.88 Å². The fraction of sp³-hybridized carbons (Fsp3) is 0.200. The third-order valence-corrected chi connectivity index (χ3v) is 4.02. The zero-order chi connectivity index (χ0) is 13.2. The summed E-state index contributed by atoms with van der Waals surface area (Å²) in [5.74, 6) is 0.0433. The summed E-state index contributed by atoms with van der Waals surface area (Å²) in [6.07, 6.45) is 6.74. The number of hydrogen-bond donors (Lipinski definition) is 0. The maximum Gasteiger partial charge on any atom is 0.270 e. The summed E-state index contributed by atoms with van der Waals surface area (Å²) in [6.45, 7) is 2.63. The molecule has 0 bridgehead atoms. The van der Waals surface area contributed by atoms with Crippen LogP contribution in [-0.4, -0.2) is 17.4 Å². The molecule has 0 unspecified atom stereocenters. The van der Waals surface area contributed by atoms with Crippen molar-refractivity contribution in [3.63, 3.8) is 0 Å². The van der Waals surface area contributed by atoms with Crippen LogP contribution in [0.2, 0.25) is 0 Å². The number of para-hydroxylation sites is 1. The van der Waals surface area contributed by atoms with E-state index in [4.69, 9.17) is 0 Å². The minimum atomic E-state index is 0.0433. The highest BCUT2D eigenvalue weighted by atomic mass is 32.1. The Balaban J connectivity index is 2.00.